The van der Waals surface area contributed by atoms with Crippen LogP contribution in [0.3, 0.4) is 0 Å². The molecule has 0 spiro atoms. The molecular formula is C50H76N6S2. The molecule has 8 heteroatoms. The summed E-state index contributed by atoms with van der Waals surface area (Å²) in [7, 11) is 0. The molecule has 5 aromatic rings. The van der Waals surface area contributed by atoms with Gasteiger partial charge in [-0.15, -0.1) is 22.7 Å². The van der Waals surface area contributed by atoms with E-state index in [0.29, 0.717) is 11.3 Å². The quantitative estimate of drug-likeness (QED) is 0.155. The summed E-state index contributed by atoms with van der Waals surface area (Å²) in [6, 6.07) is 16.2. The number of pyridine rings is 2. The molecule has 0 aliphatic carbocycles. The second-order valence-electron chi connectivity index (χ2n) is 20.5. The minimum absolute atomic E-state index is 0.0707. The minimum atomic E-state index is 0.0707. The molecular weight excluding hydrogens is 749 g/mol. The number of aromatic nitrogens is 5. The first-order valence-electron chi connectivity index (χ1n) is 20.3. The van der Waals surface area contributed by atoms with Crippen LogP contribution in [0.4, 0.5) is 0 Å². The third-order valence-corrected chi connectivity index (χ3v) is 10.8. The summed E-state index contributed by atoms with van der Waals surface area (Å²) in [5, 5.41) is 5.35. The second kappa shape index (κ2) is 23.1. The fourth-order valence-corrected chi connectivity index (χ4v) is 6.48. The van der Waals surface area contributed by atoms with E-state index >= 15 is 0 Å². The lowest BCUT2D eigenvalue weighted by Gasteiger charge is -2.21. The molecule has 0 bridgehead atoms. The maximum Gasteiger partial charge on any atom is 0.133 e. The van der Waals surface area contributed by atoms with Gasteiger partial charge in [0.15, 0.2) is 0 Å². The van der Waals surface area contributed by atoms with E-state index in [-0.39, 0.29) is 27.1 Å². The van der Waals surface area contributed by atoms with Gasteiger partial charge in [0.25, 0.3) is 0 Å². The summed E-state index contributed by atoms with van der Waals surface area (Å²) < 4.78 is 0. The molecule has 6 nitrogen and oxygen atoms in total. The lowest BCUT2D eigenvalue weighted by molar-refractivity contribution is 0.545. The van der Waals surface area contributed by atoms with E-state index in [1.807, 2.05) is 65.8 Å². The van der Waals surface area contributed by atoms with Crippen LogP contribution in [0.5, 0.6) is 0 Å². The Morgan fingerprint density at radius 3 is 1.36 bits per heavy atom. The number of aliphatic imine (C=N–C) groups is 1. The fourth-order valence-electron chi connectivity index (χ4n) is 4.94. The molecule has 0 fully saturated rings. The number of allylic oxidation sites excluding steroid dienone is 1. The van der Waals surface area contributed by atoms with Crippen LogP contribution in [0.1, 0.15) is 159 Å². The van der Waals surface area contributed by atoms with E-state index in [2.05, 4.69) is 197 Å². The highest BCUT2D eigenvalue weighted by atomic mass is 32.1. The van der Waals surface area contributed by atoms with Gasteiger partial charge in [-0.3, -0.25) is 15.0 Å². The van der Waals surface area contributed by atoms with Crippen LogP contribution in [0.25, 0.3) is 0 Å². The molecule has 1 aliphatic rings. The third-order valence-electron chi connectivity index (χ3n) is 8.32. The Hall–Kier alpha value is -3.88. The molecule has 6 rings (SSSR count). The topological polar surface area (TPSA) is 76.8 Å². The first-order chi connectivity index (χ1) is 26.5. The Morgan fingerprint density at radius 1 is 0.483 bits per heavy atom. The van der Waals surface area contributed by atoms with Crippen molar-refractivity contribution >= 4 is 28.4 Å². The zero-order valence-corrected chi connectivity index (χ0v) is 41.1. The Balaban J connectivity index is 0.000000348. The molecule has 6 heterocycles. The average Bonchev–Trinajstić information content (AvgIpc) is 3.94. The van der Waals surface area contributed by atoms with Crippen LogP contribution >= 0.6 is 22.7 Å². The smallest absolute Gasteiger partial charge is 0.133 e. The van der Waals surface area contributed by atoms with Gasteiger partial charge in [-0.25, -0.2) is 15.0 Å². The Bertz CT molecular complexity index is 1680. The largest absolute Gasteiger partial charge is 0.265 e. The van der Waals surface area contributed by atoms with Crippen molar-refractivity contribution in [3.8, 4) is 0 Å². The normalized spacial score (nSPS) is 14.0. The SMILES string of the molecule is CC(C)(C)c1ccccn1.CC(C)(C)c1cccnc1.CC(C)(C)c1cccs1.CC(C)(C)c1ncccn1.CC(C)(C)c1nccs1.CC1C=CN=C1C(C)(C)C. The van der Waals surface area contributed by atoms with Crippen LogP contribution in [0.2, 0.25) is 0 Å². The van der Waals surface area contributed by atoms with E-state index < -0.39 is 0 Å². The number of thiophene rings is 1. The van der Waals surface area contributed by atoms with Gasteiger partial charge < -0.3 is 0 Å². The monoisotopic (exact) mass is 825 g/mol. The molecule has 0 aromatic carbocycles. The molecule has 318 valence electrons. The van der Waals surface area contributed by atoms with Gasteiger partial charge in [0.05, 0.1) is 5.01 Å². The first kappa shape index (κ1) is 52.1. The van der Waals surface area contributed by atoms with E-state index in [1.54, 1.807) is 29.9 Å². The number of hydrogen-bond donors (Lipinski definition) is 0. The van der Waals surface area contributed by atoms with Gasteiger partial charge in [0.1, 0.15) is 5.82 Å². The number of rotatable bonds is 0. The molecule has 0 N–H and O–H groups in total. The van der Waals surface area contributed by atoms with Crippen LogP contribution in [-0.2, 0) is 27.1 Å². The number of nitrogens with zero attached hydrogens (tertiary/aromatic N) is 6. The fraction of sp³-hybridized carbons (Fsp3) is 0.520. The van der Waals surface area contributed by atoms with Crippen molar-refractivity contribution in [2.45, 2.75) is 159 Å². The Labute approximate surface area is 362 Å². The lowest BCUT2D eigenvalue weighted by Crippen LogP contribution is -2.23. The zero-order chi connectivity index (χ0) is 44.4. The van der Waals surface area contributed by atoms with Gasteiger partial charge in [0, 0.05) is 92.6 Å². The van der Waals surface area contributed by atoms with Crippen LogP contribution in [0.15, 0.2) is 114 Å². The highest BCUT2D eigenvalue weighted by Crippen LogP contribution is 2.27. The molecule has 1 atom stereocenters. The zero-order valence-electron chi connectivity index (χ0n) is 39.5. The summed E-state index contributed by atoms with van der Waals surface area (Å²) in [6.45, 7) is 41.4. The minimum Gasteiger partial charge on any atom is -0.265 e. The average molecular weight is 825 g/mol. The van der Waals surface area contributed by atoms with Gasteiger partial charge in [0.2, 0.25) is 0 Å². The maximum atomic E-state index is 4.32. The summed E-state index contributed by atoms with van der Waals surface area (Å²) in [5.41, 5.74) is 5.03. The summed E-state index contributed by atoms with van der Waals surface area (Å²) >= 11 is 3.55. The Morgan fingerprint density at radius 2 is 1.10 bits per heavy atom. The van der Waals surface area contributed by atoms with Crippen molar-refractivity contribution in [1.82, 2.24) is 24.9 Å². The summed E-state index contributed by atoms with van der Waals surface area (Å²) in [4.78, 5) is 26.6. The Kier molecular flexibility index (Phi) is 20.7. The van der Waals surface area contributed by atoms with Crippen molar-refractivity contribution in [1.29, 1.82) is 0 Å². The van der Waals surface area contributed by atoms with E-state index in [1.165, 1.54) is 21.2 Å². The molecule has 0 saturated heterocycles. The standard InChI is InChI=1S/C9H15N.2C9H13N.C8H12N2.C8H12S.C7H11NS/c1-7-5-6-10-8(7)9(2,3)4;1-9(2,3)8-5-4-6-10-7-8;1-9(2,3)8-6-4-5-7-10-8;1-8(2,3)7-9-5-4-6-10-7;1-8(2,3)7-5-4-6-9-7;1-7(2,3)6-8-4-5-9-6/h5-7H,1-4H3;2*4-7H,1-3H3;4-6H,1-3H3;4-6H,1-3H3;4-5H,1-3H3. The van der Waals surface area contributed by atoms with Crippen LogP contribution in [0, 0.1) is 11.3 Å². The first-order valence-corrected chi connectivity index (χ1v) is 22.1. The molecule has 0 radical (unpaired) electrons. The summed E-state index contributed by atoms with van der Waals surface area (Å²) in [5.74, 6) is 1.44. The molecule has 0 saturated carbocycles. The molecule has 0 amide bonds. The predicted molar refractivity (Wildman–Crippen MR) is 256 cm³/mol. The second-order valence-corrected chi connectivity index (χ2v) is 22.3. The molecule has 5 aromatic heterocycles. The highest BCUT2D eigenvalue weighted by Gasteiger charge is 2.24. The van der Waals surface area contributed by atoms with Crippen molar-refractivity contribution in [3.63, 3.8) is 0 Å². The number of thiazole rings is 1. The van der Waals surface area contributed by atoms with Crippen molar-refractivity contribution in [2.24, 2.45) is 16.3 Å². The van der Waals surface area contributed by atoms with E-state index in [9.17, 15) is 0 Å². The van der Waals surface area contributed by atoms with Gasteiger partial charge in [-0.1, -0.05) is 156 Å². The highest BCUT2D eigenvalue weighted by molar-refractivity contribution is 7.10. The van der Waals surface area contributed by atoms with Gasteiger partial charge >= 0.3 is 0 Å². The van der Waals surface area contributed by atoms with Gasteiger partial charge in [-0.05, 0) is 52.1 Å². The van der Waals surface area contributed by atoms with Crippen molar-refractivity contribution in [2.75, 3.05) is 0 Å². The summed E-state index contributed by atoms with van der Waals surface area (Å²) in [6.07, 6.45) is 15.0. The van der Waals surface area contributed by atoms with E-state index in [0.717, 1.165) is 11.5 Å². The molecule has 58 heavy (non-hydrogen) atoms. The van der Waals surface area contributed by atoms with Gasteiger partial charge in [-0.2, -0.15) is 0 Å². The number of hydrogen-bond acceptors (Lipinski definition) is 8. The maximum absolute atomic E-state index is 4.32. The van der Waals surface area contributed by atoms with Crippen LogP contribution in [-0.4, -0.2) is 30.6 Å². The third kappa shape index (κ3) is 21.2. The molecule has 1 aliphatic heterocycles. The van der Waals surface area contributed by atoms with Crippen LogP contribution < -0.4 is 0 Å². The van der Waals surface area contributed by atoms with E-state index in [4.69, 9.17) is 0 Å². The molecule has 1 unspecified atom stereocenters. The van der Waals surface area contributed by atoms with Crippen molar-refractivity contribution < 1.29 is 0 Å². The lowest BCUT2D eigenvalue weighted by atomic mass is 9.84. The predicted octanol–water partition coefficient (Wildman–Crippen LogP) is 14.7. The van der Waals surface area contributed by atoms with Crippen molar-refractivity contribution in [3.05, 3.63) is 136 Å².